The fourth-order valence-corrected chi connectivity index (χ4v) is 2.02. The number of benzene rings is 1. The number of rotatable bonds is 3. The molecule has 0 aliphatic rings. The van der Waals surface area contributed by atoms with Crippen molar-refractivity contribution in [3.8, 4) is 0 Å². The third kappa shape index (κ3) is 3.27. The number of hydrogen-bond acceptors (Lipinski definition) is 5. The Morgan fingerprint density at radius 3 is 2.68 bits per heavy atom. The first kappa shape index (κ1) is 13.4. The Morgan fingerprint density at radius 2 is 2.11 bits per heavy atom. The van der Waals surface area contributed by atoms with Crippen molar-refractivity contribution in [2.75, 3.05) is 10.7 Å². The molecule has 19 heavy (non-hydrogen) atoms. The minimum atomic E-state index is -0.333. The Labute approximate surface area is 118 Å². The number of halogens is 1. The van der Waals surface area contributed by atoms with Crippen LogP contribution in [0.1, 0.15) is 16.1 Å². The molecule has 2 rings (SSSR count). The predicted octanol–water partition coefficient (Wildman–Crippen LogP) is 2.09. The lowest BCUT2D eigenvalue weighted by Crippen LogP contribution is -2.15. The number of hydrogen-bond donors (Lipinski definition) is 3. The molecule has 0 saturated heterocycles. The summed E-state index contributed by atoms with van der Waals surface area (Å²) in [6.45, 7) is 1.97. The molecule has 1 heterocycles. The number of carbonyl (C=O) groups excluding carboxylic acids is 1. The Balaban J connectivity index is 2.15. The molecule has 6 nitrogen and oxygen atoms in total. The SMILES string of the molecule is Cc1ccc(NC(=O)c2cnc(NN)cn2)c(Br)c1. The summed E-state index contributed by atoms with van der Waals surface area (Å²) < 4.78 is 0.814. The van der Waals surface area contributed by atoms with Crippen molar-refractivity contribution in [2.24, 2.45) is 5.84 Å². The first-order valence-electron chi connectivity index (χ1n) is 5.46. The van der Waals surface area contributed by atoms with Gasteiger partial charge in [-0.05, 0) is 40.5 Å². The molecule has 7 heteroatoms. The highest BCUT2D eigenvalue weighted by molar-refractivity contribution is 9.10. The average molecular weight is 322 g/mol. The minimum absolute atomic E-state index is 0.214. The summed E-state index contributed by atoms with van der Waals surface area (Å²) in [4.78, 5) is 19.9. The molecular weight excluding hydrogens is 310 g/mol. The van der Waals surface area contributed by atoms with Crippen LogP contribution < -0.4 is 16.6 Å². The van der Waals surface area contributed by atoms with Gasteiger partial charge in [-0.1, -0.05) is 6.07 Å². The van der Waals surface area contributed by atoms with Crippen molar-refractivity contribution >= 4 is 33.3 Å². The summed E-state index contributed by atoms with van der Waals surface area (Å²) >= 11 is 3.39. The number of carbonyl (C=O) groups is 1. The summed E-state index contributed by atoms with van der Waals surface area (Å²) in [5.41, 5.74) is 4.34. The van der Waals surface area contributed by atoms with Crippen molar-refractivity contribution < 1.29 is 4.79 Å². The van der Waals surface area contributed by atoms with E-state index >= 15 is 0 Å². The number of nitrogens with two attached hydrogens (primary N) is 1. The first-order valence-corrected chi connectivity index (χ1v) is 6.25. The van der Waals surface area contributed by atoms with Crippen LogP contribution in [0.5, 0.6) is 0 Å². The number of aromatic nitrogens is 2. The molecule has 0 fully saturated rings. The zero-order valence-electron chi connectivity index (χ0n) is 10.1. The van der Waals surface area contributed by atoms with Crippen LogP contribution >= 0.6 is 15.9 Å². The van der Waals surface area contributed by atoms with Gasteiger partial charge in [-0.25, -0.2) is 15.8 Å². The van der Waals surface area contributed by atoms with Gasteiger partial charge in [0.25, 0.3) is 5.91 Å². The number of aryl methyl sites for hydroxylation is 1. The van der Waals surface area contributed by atoms with E-state index in [0.717, 1.165) is 10.0 Å². The molecule has 1 aromatic carbocycles. The summed E-state index contributed by atoms with van der Waals surface area (Å²) in [5.74, 6) is 5.24. The fraction of sp³-hybridized carbons (Fsp3) is 0.0833. The first-order chi connectivity index (χ1) is 9.10. The van der Waals surface area contributed by atoms with Crippen LogP contribution in [0.4, 0.5) is 11.5 Å². The quantitative estimate of drug-likeness (QED) is 0.594. The van der Waals surface area contributed by atoms with Crippen LogP contribution in [-0.4, -0.2) is 15.9 Å². The van der Waals surface area contributed by atoms with Crippen LogP contribution in [0.2, 0.25) is 0 Å². The van der Waals surface area contributed by atoms with Crippen LogP contribution in [-0.2, 0) is 0 Å². The Kier molecular flexibility index (Phi) is 4.08. The summed E-state index contributed by atoms with van der Waals surface area (Å²) in [6.07, 6.45) is 2.74. The van der Waals surface area contributed by atoms with Crippen molar-refractivity contribution in [1.82, 2.24) is 9.97 Å². The van der Waals surface area contributed by atoms with Gasteiger partial charge in [0, 0.05) is 4.47 Å². The van der Waals surface area contributed by atoms with Gasteiger partial charge in [-0.15, -0.1) is 0 Å². The number of nitrogens with zero attached hydrogens (tertiary/aromatic N) is 2. The van der Waals surface area contributed by atoms with E-state index < -0.39 is 0 Å². The second-order valence-corrected chi connectivity index (χ2v) is 4.72. The van der Waals surface area contributed by atoms with Crippen LogP contribution in [0.3, 0.4) is 0 Å². The van der Waals surface area contributed by atoms with Gasteiger partial charge >= 0.3 is 0 Å². The summed E-state index contributed by atoms with van der Waals surface area (Å²) in [6, 6.07) is 5.65. The number of hydrazine groups is 1. The topological polar surface area (TPSA) is 92.9 Å². The third-order valence-electron chi connectivity index (χ3n) is 2.41. The average Bonchev–Trinajstić information content (AvgIpc) is 2.42. The maximum Gasteiger partial charge on any atom is 0.275 e. The van der Waals surface area contributed by atoms with Gasteiger partial charge in [-0.3, -0.25) is 4.79 Å². The molecule has 0 aliphatic heterocycles. The number of anilines is 2. The van der Waals surface area contributed by atoms with E-state index in [9.17, 15) is 4.79 Å². The molecule has 4 N–H and O–H groups in total. The molecule has 0 unspecified atom stereocenters. The standard InChI is InChI=1S/C12H12BrN5O/c1-7-2-3-9(8(13)4-7)17-12(19)10-5-16-11(18-14)6-15-10/h2-6H,14H2,1H3,(H,16,18)(H,17,19). The molecular formula is C12H12BrN5O. The van der Waals surface area contributed by atoms with Crippen molar-refractivity contribution in [1.29, 1.82) is 0 Å². The van der Waals surface area contributed by atoms with E-state index in [1.165, 1.54) is 12.4 Å². The van der Waals surface area contributed by atoms with Gasteiger partial charge in [0.1, 0.15) is 5.69 Å². The molecule has 1 amide bonds. The third-order valence-corrected chi connectivity index (χ3v) is 3.06. The highest BCUT2D eigenvalue weighted by Crippen LogP contribution is 2.23. The van der Waals surface area contributed by atoms with E-state index in [0.29, 0.717) is 11.5 Å². The van der Waals surface area contributed by atoms with Gasteiger partial charge in [-0.2, -0.15) is 0 Å². The highest BCUT2D eigenvalue weighted by Gasteiger charge is 2.10. The van der Waals surface area contributed by atoms with Crippen LogP contribution in [0, 0.1) is 6.92 Å². The molecule has 0 spiro atoms. The van der Waals surface area contributed by atoms with Gasteiger partial charge in [0.15, 0.2) is 5.82 Å². The second-order valence-electron chi connectivity index (χ2n) is 3.87. The van der Waals surface area contributed by atoms with Crippen LogP contribution in [0.25, 0.3) is 0 Å². The lowest BCUT2D eigenvalue weighted by atomic mass is 10.2. The molecule has 1 aromatic heterocycles. The van der Waals surface area contributed by atoms with Crippen molar-refractivity contribution in [3.63, 3.8) is 0 Å². The lowest BCUT2D eigenvalue weighted by Gasteiger charge is -2.07. The summed E-state index contributed by atoms with van der Waals surface area (Å²) in [7, 11) is 0. The van der Waals surface area contributed by atoms with Gasteiger partial charge in [0.2, 0.25) is 0 Å². The van der Waals surface area contributed by atoms with Gasteiger partial charge in [0.05, 0.1) is 18.1 Å². The number of nitrogen functional groups attached to an aromatic ring is 1. The van der Waals surface area contributed by atoms with Crippen molar-refractivity contribution in [2.45, 2.75) is 6.92 Å². The molecule has 2 aromatic rings. The fourth-order valence-electron chi connectivity index (χ4n) is 1.43. The monoisotopic (exact) mass is 321 g/mol. The highest BCUT2D eigenvalue weighted by atomic mass is 79.9. The van der Waals surface area contributed by atoms with Gasteiger partial charge < -0.3 is 10.7 Å². The molecule has 0 bridgehead atoms. The molecule has 0 saturated carbocycles. The number of amides is 1. The van der Waals surface area contributed by atoms with E-state index in [1.54, 1.807) is 0 Å². The summed E-state index contributed by atoms with van der Waals surface area (Å²) in [5, 5.41) is 2.75. The van der Waals surface area contributed by atoms with Crippen molar-refractivity contribution in [3.05, 3.63) is 46.3 Å². The normalized spacial score (nSPS) is 10.1. The maximum atomic E-state index is 12.0. The minimum Gasteiger partial charge on any atom is -0.320 e. The van der Waals surface area contributed by atoms with Crippen LogP contribution in [0.15, 0.2) is 35.1 Å². The molecule has 0 aliphatic carbocycles. The largest absolute Gasteiger partial charge is 0.320 e. The molecule has 0 atom stereocenters. The van der Waals surface area contributed by atoms with E-state index in [1.807, 2.05) is 25.1 Å². The molecule has 0 radical (unpaired) electrons. The zero-order valence-corrected chi connectivity index (χ0v) is 11.7. The predicted molar refractivity (Wildman–Crippen MR) is 76.7 cm³/mol. The Bertz CT molecular complexity index is 600. The van der Waals surface area contributed by atoms with E-state index in [2.05, 4.69) is 36.6 Å². The van der Waals surface area contributed by atoms with E-state index in [-0.39, 0.29) is 11.6 Å². The maximum absolute atomic E-state index is 12.0. The smallest absolute Gasteiger partial charge is 0.275 e. The lowest BCUT2D eigenvalue weighted by molar-refractivity contribution is 0.102. The zero-order chi connectivity index (χ0) is 13.8. The number of nitrogens with one attached hydrogen (secondary N) is 2. The van der Waals surface area contributed by atoms with E-state index in [4.69, 9.17) is 5.84 Å². The molecule has 98 valence electrons. The second kappa shape index (κ2) is 5.77. The Hall–Kier alpha value is -1.99. The Morgan fingerprint density at radius 1 is 1.32 bits per heavy atom.